The van der Waals surface area contributed by atoms with Crippen LogP contribution in [0.1, 0.15) is 0 Å². The lowest BCUT2D eigenvalue weighted by molar-refractivity contribution is -0.137. The van der Waals surface area contributed by atoms with Gasteiger partial charge in [0.05, 0.1) is 13.3 Å². The number of carbonyl (C=O) groups excluding carboxylic acids is 1. The van der Waals surface area contributed by atoms with E-state index in [4.69, 9.17) is 5.11 Å². The minimum atomic E-state index is -1.10. The molecule has 0 aliphatic rings. The molecule has 100 valence electrons. The van der Waals surface area contributed by atoms with Crippen LogP contribution in [0.3, 0.4) is 0 Å². The molecule has 10 heteroatoms. The number of nitrogens with one attached hydrogen (secondary N) is 2. The zero-order valence-electron chi connectivity index (χ0n) is 9.71. The van der Waals surface area contributed by atoms with Crippen LogP contribution in [0, 0.1) is 0 Å². The number of rotatable bonds is 3. The lowest BCUT2D eigenvalue weighted by Gasteiger charge is -2.00. The number of hydrogen-bond acceptors (Lipinski definition) is 6. The summed E-state index contributed by atoms with van der Waals surface area (Å²) in [6.45, 7) is -0.393. The molecule has 0 aliphatic heterocycles. The molecule has 10 nitrogen and oxygen atoms in total. The number of methoxy groups -OCH3 is 1. The van der Waals surface area contributed by atoms with Crippen molar-refractivity contribution in [1.29, 1.82) is 0 Å². The van der Waals surface area contributed by atoms with E-state index in [-0.39, 0.29) is 17.0 Å². The molecule has 2 rings (SSSR count). The van der Waals surface area contributed by atoms with Gasteiger partial charge in [0.2, 0.25) is 5.95 Å². The Morgan fingerprint density at radius 3 is 2.95 bits per heavy atom. The van der Waals surface area contributed by atoms with E-state index >= 15 is 0 Å². The summed E-state index contributed by atoms with van der Waals surface area (Å²) in [7, 11) is 1.16. The highest BCUT2D eigenvalue weighted by atomic mass is 16.5. The number of carboxylic acids is 1. The number of amides is 1. The van der Waals surface area contributed by atoms with Gasteiger partial charge in [-0.2, -0.15) is 5.10 Å². The van der Waals surface area contributed by atoms with E-state index in [9.17, 15) is 14.4 Å². The molecule has 2 aromatic heterocycles. The van der Waals surface area contributed by atoms with Crippen LogP contribution in [0.4, 0.5) is 10.7 Å². The van der Waals surface area contributed by atoms with E-state index in [0.717, 1.165) is 11.8 Å². The van der Waals surface area contributed by atoms with Gasteiger partial charge in [-0.1, -0.05) is 0 Å². The van der Waals surface area contributed by atoms with Crippen molar-refractivity contribution in [3.05, 3.63) is 16.6 Å². The highest BCUT2D eigenvalue weighted by Gasteiger charge is 2.11. The van der Waals surface area contributed by atoms with E-state index in [2.05, 4.69) is 25.1 Å². The van der Waals surface area contributed by atoms with Crippen molar-refractivity contribution >= 4 is 29.0 Å². The fourth-order valence-corrected chi connectivity index (χ4v) is 1.40. The third kappa shape index (κ3) is 2.68. The smallest absolute Gasteiger partial charge is 0.413 e. The molecule has 0 atom stereocenters. The van der Waals surface area contributed by atoms with Crippen LogP contribution in [0.15, 0.2) is 11.0 Å². The maximum absolute atomic E-state index is 11.7. The standard InChI is InChI=1S/C9H9N5O5/c1-19-9(18)12-8-10-4-2-14(3-5(15)16)13-6(4)7(17)11-8/h2H,3H2,1H3,(H,15,16)(H2,10,11,12,17,18). The molecule has 0 unspecified atom stereocenters. The molecule has 0 spiro atoms. The van der Waals surface area contributed by atoms with E-state index in [0.29, 0.717) is 0 Å². The van der Waals surface area contributed by atoms with Crippen molar-refractivity contribution in [2.75, 3.05) is 12.4 Å². The lowest BCUT2D eigenvalue weighted by atomic mass is 10.5. The summed E-state index contributed by atoms with van der Waals surface area (Å²) in [6, 6.07) is 0. The van der Waals surface area contributed by atoms with Gasteiger partial charge >= 0.3 is 12.1 Å². The van der Waals surface area contributed by atoms with Crippen LogP contribution >= 0.6 is 0 Å². The predicted molar refractivity (Wildman–Crippen MR) is 61.8 cm³/mol. The molecule has 1 amide bonds. The number of fused-ring (bicyclic) bond motifs is 1. The summed E-state index contributed by atoms with van der Waals surface area (Å²) in [5.41, 5.74) is -0.450. The number of carboxylic acid groups (broad SMARTS) is 1. The third-order valence-electron chi connectivity index (χ3n) is 2.12. The van der Waals surface area contributed by atoms with Gasteiger partial charge in [-0.3, -0.25) is 24.6 Å². The number of ether oxygens (including phenoxy) is 1. The van der Waals surface area contributed by atoms with Gasteiger partial charge in [-0.25, -0.2) is 9.78 Å². The van der Waals surface area contributed by atoms with E-state index in [1.165, 1.54) is 6.20 Å². The molecule has 0 saturated carbocycles. The molecule has 0 saturated heterocycles. The SMILES string of the molecule is COC(=O)Nc1nc2cn(CC(=O)O)nc2c(=O)[nH]1. The summed E-state index contributed by atoms with van der Waals surface area (Å²) >= 11 is 0. The summed E-state index contributed by atoms with van der Waals surface area (Å²) in [6.07, 6.45) is 0.502. The molecule has 3 N–H and O–H groups in total. The number of carbonyl (C=O) groups is 2. The Hall–Kier alpha value is -2.91. The van der Waals surface area contributed by atoms with E-state index in [1.54, 1.807) is 0 Å². The Labute approximate surface area is 105 Å². The van der Waals surface area contributed by atoms with Crippen LogP contribution in [0.5, 0.6) is 0 Å². The van der Waals surface area contributed by atoms with Crippen molar-refractivity contribution in [2.45, 2.75) is 6.54 Å². The van der Waals surface area contributed by atoms with Crippen LogP contribution in [-0.4, -0.2) is 44.0 Å². The third-order valence-corrected chi connectivity index (χ3v) is 2.12. The highest BCUT2D eigenvalue weighted by Crippen LogP contribution is 2.07. The second-order valence-corrected chi connectivity index (χ2v) is 3.49. The minimum absolute atomic E-state index is 0.0170. The van der Waals surface area contributed by atoms with Gasteiger partial charge in [-0.15, -0.1) is 0 Å². The van der Waals surface area contributed by atoms with Crippen LogP contribution < -0.4 is 10.9 Å². The van der Waals surface area contributed by atoms with Gasteiger partial charge in [-0.05, 0) is 0 Å². The molecule has 0 radical (unpaired) electrons. The van der Waals surface area contributed by atoms with Crippen molar-refractivity contribution < 1.29 is 19.4 Å². The summed E-state index contributed by atoms with van der Waals surface area (Å²) in [5, 5.41) is 14.6. The minimum Gasteiger partial charge on any atom is -0.480 e. The quantitative estimate of drug-likeness (QED) is 0.673. The number of anilines is 1. The molecular weight excluding hydrogens is 258 g/mol. The fraction of sp³-hybridized carbons (Fsp3) is 0.222. The second-order valence-electron chi connectivity index (χ2n) is 3.49. The molecule has 0 fully saturated rings. The topological polar surface area (TPSA) is 139 Å². The normalized spacial score (nSPS) is 10.4. The molecule has 0 aliphatic carbocycles. The Kier molecular flexibility index (Phi) is 3.14. The second kappa shape index (κ2) is 4.76. The molecule has 2 aromatic rings. The van der Waals surface area contributed by atoms with Gasteiger partial charge in [0.1, 0.15) is 12.1 Å². The molecule has 0 aromatic carbocycles. The predicted octanol–water partition coefficient (Wildman–Crippen LogP) is -0.618. The first-order valence-corrected chi connectivity index (χ1v) is 5.04. The number of H-pyrrole nitrogens is 1. The van der Waals surface area contributed by atoms with Gasteiger partial charge in [0, 0.05) is 0 Å². The Balaban J connectivity index is 2.42. The van der Waals surface area contributed by atoms with Gasteiger partial charge in [0.25, 0.3) is 5.56 Å². The molecule has 2 heterocycles. The summed E-state index contributed by atoms with van der Waals surface area (Å²) < 4.78 is 5.42. The number of hydrogen-bond donors (Lipinski definition) is 3. The number of aromatic amines is 1. The Morgan fingerprint density at radius 2 is 2.32 bits per heavy atom. The molecular formula is C9H9N5O5. The van der Waals surface area contributed by atoms with Crippen LogP contribution in [-0.2, 0) is 16.1 Å². The van der Waals surface area contributed by atoms with Gasteiger partial charge in [0.15, 0.2) is 5.52 Å². The zero-order chi connectivity index (χ0) is 14.0. The zero-order valence-corrected chi connectivity index (χ0v) is 9.71. The number of aliphatic carboxylic acids is 1. The van der Waals surface area contributed by atoms with Gasteiger partial charge < -0.3 is 9.84 Å². The first kappa shape index (κ1) is 12.5. The number of nitrogens with zero attached hydrogens (tertiary/aromatic N) is 3. The average Bonchev–Trinajstić information content (AvgIpc) is 2.70. The van der Waals surface area contributed by atoms with Crippen molar-refractivity contribution in [3.8, 4) is 0 Å². The van der Waals surface area contributed by atoms with Crippen molar-refractivity contribution in [1.82, 2.24) is 19.7 Å². The Bertz CT molecular complexity index is 703. The maximum atomic E-state index is 11.7. The van der Waals surface area contributed by atoms with E-state index < -0.39 is 24.2 Å². The van der Waals surface area contributed by atoms with Crippen molar-refractivity contribution in [2.24, 2.45) is 0 Å². The first-order chi connectivity index (χ1) is 8.99. The highest BCUT2D eigenvalue weighted by molar-refractivity contribution is 5.83. The number of aromatic nitrogens is 4. The van der Waals surface area contributed by atoms with Crippen LogP contribution in [0.2, 0.25) is 0 Å². The average molecular weight is 267 g/mol. The Morgan fingerprint density at radius 1 is 1.58 bits per heavy atom. The molecule has 19 heavy (non-hydrogen) atoms. The van der Waals surface area contributed by atoms with Crippen LogP contribution in [0.25, 0.3) is 11.0 Å². The first-order valence-electron chi connectivity index (χ1n) is 5.04. The van der Waals surface area contributed by atoms with Crippen molar-refractivity contribution in [3.63, 3.8) is 0 Å². The maximum Gasteiger partial charge on any atom is 0.413 e. The monoisotopic (exact) mass is 267 g/mol. The summed E-state index contributed by atoms with van der Waals surface area (Å²) in [4.78, 5) is 39.4. The molecule has 0 bridgehead atoms. The lowest BCUT2D eigenvalue weighted by Crippen LogP contribution is -2.18. The largest absolute Gasteiger partial charge is 0.480 e. The fourth-order valence-electron chi connectivity index (χ4n) is 1.40. The summed E-state index contributed by atoms with van der Waals surface area (Å²) in [5.74, 6) is -1.21. The van der Waals surface area contributed by atoms with E-state index in [1.807, 2.05) is 0 Å².